The molecule has 0 aliphatic carbocycles. The molecule has 1 aromatic rings. The Balaban J connectivity index is 1.96. The smallest absolute Gasteiger partial charge is 0.328 e. The summed E-state index contributed by atoms with van der Waals surface area (Å²) in [5, 5.41) is 8.78. The van der Waals surface area contributed by atoms with Gasteiger partial charge in [0.1, 0.15) is 0 Å². The molecule has 1 aliphatic rings. The van der Waals surface area contributed by atoms with E-state index < -0.39 is 5.97 Å². The molecule has 0 saturated carbocycles. The number of thioether (sulfide) groups is 2. The van der Waals surface area contributed by atoms with E-state index in [1.807, 2.05) is 18.2 Å². The molecule has 0 bridgehead atoms. The molecule has 0 fully saturated rings. The Kier molecular flexibility index (Phi) is 11.2. The van der Waals surface area contributed by atoms with Gasteiger partial charge in [0.15, 0.2) is 11.5 Å². The number of rotatable bonds is 2. The van der Waals surface area contributed by atoms with Gasteiger partial charge in [0.25, 0.3) is 0 Å². The Hall–Kier alpha value is -1.35. The summed E-state index contributed by atoms with van der Waals surface area (Å²) < 4.78 is 22.8. The minimum atomic E-state index is -0.981. The molecule has 1 aliphatic heterocycles. The molecule has 1 heterocycles. The van der Waals surface area contributed by atoms with Crippen LogP contribution in [-0.2, 0) is 14.3 Å². The summed E-state index contributed by atoms with van der Waals surface area (Å²) in [7, 11) is 0. The normalized spacial score (nSPS) is 18.5. The van der Waals surface area contributed by atoms with Crippen LogP contribution in [0.25, 0.3) is 6.08 Å². The largest absolute Gasteiger partial charge is 0.489 e. The molecule has 8 heteroatoms. The van der Waals surface area contributed by atoms with E-state index in [0.29, 0.717) is 51.1 Å². The zero-order chi connectivity index (χ0) is 19.2. The van der Waals surface area contributed by atoms with Crippen molar-refractivity contribution in [2.45, 2.75) is 0 Å². The van der Waals surface area contributed by atoms with Crippen LogP contribution in [0.5, 0.6) is 11.5 Å². The SMILES string of the molecule is O=C(O)/C=C/c1ccc2c(c1)OCCSCCOCCOCCSCCO2. The molecule has 1 N–H and O–H groups in total. The number of fused-ring (bicyclic) bond motifs is 1. The standard InChI is InChI=1S/C19H26O6S2/c20-19(21)4-2-16-1-3-17-18(15-16)25-10-14-27-12-8-23-6-5-22-7-11-26-13-9-24-17/h1-4,15H,5-14H2,(H,20,21)/b4-2+. The first-order valence-electron chi connectivity index (χ1n) is 8.87. The van der Waals surface area contributed by atoms with E-state index in [1.54, 1.807) is 29.6 Å². The lowest BCUT2D eigenvalue weighted by Crippen LogP contribution is -2.10. The van der Waals surface area contributed by atoms with Crippen LogP contribution >= 0.6 is 23.5 Å². The van der Waals surface area contributed by atoms with Crippen LogP contribution in [0.15, 0.2) is 24.3 Å². The van der Waals surface area contributed by atoms with Crippen LogP contribution in [0.3, 0.4) is 0 Å². The van der Waals surface area contributed by atoms with Crippen molar-refractivity contribution in [3.63, 3.8) is 0 Å². The van der Waals surface area contributed by atoms with Crippen molar-refractivity contribution in [3.8, 4) is 11.5 Å². The van der Waals surface area contributed by atoms with Gasteiger partial charge in [-0.15, -0.1) is 0 Å². The zero-order valence-corrected chi connectivity index (χ0v) is 16.9. The fourth-order valence-electron chi connectivity index (χ4n) is 2.21. The highest BCUT2D eigenvalue weighted by molar-refractivity contribution is 7.99. The quantitative estimate of drug-likeness (QED) is 0.740. The first-order chi connectivity index (χ1) is 13.3. The lowest BCUT2D eigenvalue weighted by molar-refractivity contribution is -0.131. The molecule has 0 atom stereocenters. The van der Waals surface area contributed by atoms with Crippen molar-refractivity contribution in [3.05, 3.63) is 29.8 Å². The summed E-state index contributed by atoms with van der Waals surface area (Å²) in [4.78, 5) is 10.7. The van der Waals surface area contributed by atoms with E-state index in [0.717, 1.165) is 34.7 Å². The monoisotopic (exact) mass is 414 g/mol. The Bertz CT molecular complexity index is 594. The summed E-state index contributed by atoms with van der Waals surface area (Å²) in [6, 6.07) is 5.45. The zero-order valence-electron chi connectivity index (χ0n) is 15.3. The summed E-state index contributed by atoms with van der Waals surface area (Å²) in [5.41, 5.74) is 0.759. The first kappa shape index (κ1) is 21.9. The lowest BCUT2D eigenvalue weighted by Gasteiger charge is -2.14. The van der Waals surface area contributed by atoms with Gasteiger partial charge in [-0.3, -0.25) is 0 Å². The van der Waals surface area contributed by atoms with Crippen molar-refractivity contribution in [1.82, 2.24) is 0 Å². The number of ether oxygens (including phenoxy) is 4. The van der Waals surface area contributed by atoms with Crippen LogP contribution in [0.4, 0.5) is 0 Å². The topological polar surface area (TPSA) is 74.2 Å². The third kappa shape index (κ3) is 9.95. The molecule has 27 heavy (non-hydrogen) atoms. The highest BCUT2D eigenvalue weighted by atomic mass is 32.2. The highest BCUT2D eigenvalue weighted by Gasteiger charge is 2.07. The van der Waals surface area contributed by atoms with Crippen molar-refractivity contribution in [1.29, 1.82) is 0 Å². The summed E-state index contributed by atoms with van der Waals surface area (Å²) in [5.74, 6) is 3.85. The number of carbonyl (C=O) groups is 1. The van der Waals surface area contributed by atoms with Crippen LogP contribution in [0.2, 0.25) is 0 Å². The summed E-state index contributed by atoms with van der Waals surface area (Å²) in [6.07, 6.45) is 2.65. The molecule has 150 valence electrons. The van der Waals surface area contributed by atoms with Gasteiger partial charge in [0.05, 0.1) is 39.6 Å². The predicted molar refractivity (Wildman–Crippen MR) is 110 cm³/mol. The highest BCUT2D eigenvalue weighted by Crippen LogP contribution is 2.29. The lowest BCUT2D eigenvalue weighted by atomic mass is 10.2. The molecule has 1 aromatic carbocycles. The number of benzene rings is 1. The van der Waals surface area contributed by atoms with E-state index in [4.69, 9.17) is 24.1 Å². The molecule has 0 aromatic heterocycles. The van der Waals surface area contributed by atoms with Crippen LogP contribution in [0, 0.1) is 0 Å². The molecular weight excluding hydrogens is 388 g/mol. The van der Waals surface area contributed by atoms with Gasteiger partial charge < -0.3 is 24.1 Å². The maximum Gasteiger partial charge on any atom is 0.328 e. The van der Waals surface area contributed by atoms with Gasteiger partial charge >= 0.3 is 5.97 Å². The minimum Gasteiger partial charge on any atom is -0.489 e. The average Bonchev–Trinajstić information content (AvgIpc) is 2.66. The van der Waals surface area contributed by atoms with E-state index >= 15 is 0 Å². The Morgan fingerprint density at radius 3 is 2.07 bits per heavy atom. The number of hydrogen-bond acceptors (Lipinski definition) is 7. The molecule has 0 radical (unpaired) electrons. The minimum absolute atomic E-state index is 0.547. The Labute approximate surface area is 168 Å². The molecule has 0 amide bonds. The Morgan fingerprint density at radius 1 is 0.852 bits per heavy atom. The van der Waals surface area contributed by atoms with E-state index in [2.05, 4.69) is 0 Å². The molecule has 6 nitrogen and oxygen atoms in total. The van der Waals surface area contributed by atoms with E-state index in [-0.39, 0.29) is 0 Å². The van der Waals surface area contributed by atoms with Crippen molar-refractivity contribution >= 4 is 35.6 Å². The second-order valence-corrected chi connectivity index (χ2v) is 7.97. The molecule has 2 rings (SSSR count). The fourth-order valence-corrected chi connectivity index (χ4v) is 3.49. The number of aliphatic carboxylic acids is 1. The number of carboxylic acids is 1. The van der Waals surface area contributed by atoms with E-state index in [9.17, 15) is 4.79 Å². The molecular formula is C19H26O6S2. The second-order valence-electron chi connectivity index (χ2n) is 5.52. The Morgan fingerprint density at radius 2 is 1.44 bits per heavy atom. The maximum atomic E-state index is 10.7. The van der Waals surface area contributed by atoms with Gasteiger partial charge in [0.2, 0.25) is 0 Å². The van der Waals surface area contributed by atoms with Gasteiger partial charge in [0, 0.05) is 29.1 Å². The number of hydrogen-bond donors (Lipinski definition) is 1. The summed E-state index contributed by atoms with van der Waals surface area (Å²) >= 11 is 3.54. The van der Waals surface area contributed by atoms with E-state index in [1.165, 1.54) is 0 Å². The van der Waals surface area contributed by atoms with Crippen molar-refractivity contribution in [2.75, 3.05) is 62.7 Å². The first-order valence-corrected chi connectivity index (χ1v) is 11.2. The van der Waals surface area contributed by atoms with Gasteiger partial charge in [-0.25, -0.2) is 4.79 Å². The third-order valence-electron chi connectivity index (χ3n) is 3.47. The third-order valence-corrected chi connectivity index (χ3v) is 5.29. The van der Waals surface area contributed by atoms with Crippen LogP contribution in [-0.4, -0.2) is 73.7 Å². The average molecular weight is 415 g/mol. The van der Waals surface area contributed by atoms with Crippen molar-refractivity contribution in [2.24, 2.45) is 0 Å². The van der Waals surface area contributed by atoms with Crippen LogP contribution < -0.4 is 9.47 Å². The second kappa shape index (κ2) is 13.8. The van der Waals surface area contributed by atoms with Gasteiger partial charge in [-0.2, -0.15) is 23.5 Å². The maximum absolute atomic E-state index is 10.7. The number of carboxylic acid groups (broad SMARTS) is 1. The molecule has 0 unspecified atom stereocenters. The molecule has 0 saturated heterocycles. The molecule has 0 spiro atoms. The summed E-state index contributed by atoms with van der Waals surface area (Å²) in [6.45, 7) is 3.80. The van der Waals surface area contributed by atoms with Gasteiger partial charge in [-0.05, 0) is 23.8 Å². The fraction of sp³-hybridized carbons (Fsp3) is 0.526. The predicted octanol–water partition coefficient (Wildman–Crippen LogP) is 3.06. The van der Waals surface area contributed by atoms with Gasteiger partial charge in [-0.1, -0.05) is 6.07 Å². The van der Waals surface area contributed by atoms with Crippen LogP contribution in [0.1, 0.15) is 5.56 Å². The van der Waals surface area contributed by atoms with Crippen molar-refractivity contribution < 1.29 is 28.8 Å².